The van der Waals surface area contributed by atoms with E-state index in [9.17, 15) is 4.57 Å². The quantitative estimate of drug-likeness (QED) is 0.703. The second kappa shape index (κ2) is 4.54. The Morgan fingerprint density at radius 1 is 1.24 bits per heavy atom. The Labute approximate surface area is 102 Å². The van der Waals surface area contributed by atoms with Gasteiger partial charge in [-0.05, 0) is 31.6 Å². The molecule has 0 spiro atoms. The molecule has 1 atom stereocenters. The van der Waals surface area contributed by atoms with Gasteiger partial charge in [0, 0.05) is 11.7 Å². The van der Waals surface area contributed by atoms with Crippen LogP contribution in [0.5, 0.6) is 0 Å². The van der Waals surface area contributed by atoms with Crippen LogP contribution in [-0.2, 0) is 9.09 Å². The van der Waals surface area contributed by atoms with Gasteiger partial charge in [0.25, 0.3) is 7.37 Å². The maximum atomic E-state index is 12.8. The summed E-state index contributed by atoms with van der Waals surface area (Å²) in [5.41, 5.74) is 2.07. The van der Waals surface area contributed by atoms with E-state index in [0.717, 1.165) is 22.2 Å². The van der Waals surface area contributed by atoms with Crippen molar-refractivity contribution in [3.05, 3.63) is 47.7 Å². The summed E-state index contributed by atoms with van der Waals surface area (Å²) < 4.78 is 18.5. The highest BCUT2D eigenvalue weighted by Crippen LogP contribution is 2.54. The Balaban J connectivity index is 2.74. The molecule has 0 aromatic heterocycles. The largest absolute Gasteiger partial charge is 0.440 e. The molecule has 1 unspecified atom stereocenters. The molecule has 0 bridgehead atoms. The van der Waals surface area contributed by atoms with Crippen molar-refractivity contribution in [2.45, 2.75) is 20.8 Å². The summed E-state index contributed by atoms with van der Waals surface area (Å²) in [4.78, 5) is 0. The highest BCUT2D eigenvalue weighted by molar-refractivity contribution is 7.67. The van der Waals surface area contributed by atoms with Gasteiger partial charge in [-0.3, -0.25) is 4.57 Å². The third-order valence-electron chi connectivity index (χ3n) is 3.04. The summed E-state index contributed by atoms with van der Waals surface area (Å²) >= 11 is 0. The molecular formula is C14H17O2P. The van der Waals surface area contributed by atoms with Crippen LogP contribution < -0.4 is 5.30 Å². The summed E-state index contributed by atoms with van der Waals surface area (Å²) in [6.07, 6.45) is 4.42. The van der Waals surface area contributed by atoms with Gasteiger partial charge in [0.1, 0.15) is 5.76 Å². The van der Waals surface area contributed by atoms with E-state index in [0.29, 0.717) is 6.16 Å². The van der Waals surface area contributed by atoms with Crippen molar-refractivity contribution in [2.75, 3.05) is 6.16 Å². The molecule has 1 heterocycles. The molecule has 0 saturated heterocycles. The second-order valence-electron chi connectivity index (χ2n) is 3.95. The Morgan fingerprint density at radius 3 is 2.53 bits per heavy atom. The fourth-order valence-electron chi connectivity index (χ4n) is 2.13. The minimum absolute atomic E-state index is 0.526. The van der Waals surface area contributed by atoms with E-state index in [1.807, 2.05) is 57.2 Å². The summed E-state index contributed by atoms with van der Waals surface area (Å²) in [5, 5.41) is 0.848. The van der Waals surface area contributed by atoms with Gasteiger partial charge in [-0.15, -0.1) is 0 Å². The van der Waals surface area contributed by atoms with Gasteiger partial charge in [-0.1, -0.05) is 31.2 Å². The van der Waals surface area contributed by atoms with E-state index >= 15 is 0 Å². The molecule has 1 aliphatic rings. The first-order valence-corrected chi connectivity index (χ1v) is 7.69. The predicted octanol–water partition coefficient (Wildman–Crippen LogP) is 3.95. The number of rotatable bonds is 1. The maximum Gasteiger partial charge on any atom is 0.277 e. The first-order valence-electron chi connectivity index (χ1n) is 5.88. The lowest BCUT2D eigenvalue weighted by Gasteiger charge is -2.29. The standard InChI is InChI=1S/C14H17O2P/c1-4-11-12-9-7-8-10-14(12)17(15,6-3)16-13(11)5-2/h4-5,7-10H,6H2,1-3H3/b11-4-,13-5+. The van der Waals surface area contributed by atoms with Gasteiger partial charge in [0.05, 0.1) is 5.30 Å². The molecule has 1 aromatic carbocycles. The molecular weight excluding hydrogens is 231 g/mol. The fraction of sp³-hybridized carbons (Fsp3) is 0.286. The third-order valence-corrected chi connectivity index (χ3v) is 5.49. The molecule has 90 valence electrons. The van der Waals surface area contributed by atoms with E-state index in [-0.39, 0.29) is 0 Å². The van der Waals surface area contributed by atoms with E-state index in [1.165, 1.54) is 0 Å². The average Bonchev–Trinajstić information content (AvgIpc) is 2.38. The normalized spacial score (nSPS) is 27.9. The number of hydrogen-bond donors (Lipinski definition) is 0. The Kier molecular flexibility index (Phi) is 3.26. The molecule has 0 aliphatic carbocycles. The monoisotopic (exact) mass is 248 g/mol. The van der Waals surface area contributed by atoms with E-state index in [4.69, 9.17) is 4.52 Å². The van der Waals surface area contributed by atoms with Gasteiger partial charge >= 0.3 is 0 Å². The van der Waals surface area contributed by atoms with Crippen LogP contribution >= 0.6 is 7.37 Å². The van der Waals surface area contributed by atoms with Crippen LogP contribution in [0.4, 0.5) is 0 Å². The molecule has 1 aliphatic heterocycles. The second-order valence-corrected chi connectivity index (χ2v) is 6.60. The summed E-state index contributed by atoms with van der Waals surface area (Å²) in [6, 6.07) is 7.81. The molecule has 1 aromatic rings. The van der Waals surface area contributed by atoms with Gasteiger partial charge in [0.2, 0.25) is 0 Å². The van der Waals surface area contributed by atoms with Gasteiger partial charge in [-0.25, -0.2) is 0 Å². The molecule has 0 radical (unpaired) electrons. The SMILES string of the molecule is C/C=C1\C(=C/C)OP(=O)(CC)c2ccccc21. The van der Waals surface area contributed by atoms with Crippen molar-refractivity contribution in [3.8, 4) is 0 Å². The first-order chi connectivity index (χ1) is 8.16. The zero-order valence-corrected chi connectivity index (χ0v) is 11.3. The smallest absolute Gasteiger partial charge is 0.277 e. The molecule has 0 N–H and O–H groups in total. The van der Waals surface area contributed by atoms with Crippen LogP contribution in [0.25, 0.3) is 5.57 Å². The van der Waals surface area contributed by atoms with Crippen molar-refractivity contribution in [3.63, 3.8) is 0 Å². The van der Waals surface area contributed by atoms with Gasteiger partial charge in [-0.2, -0.15) is 0 Å². The lowest BCUT2D eigenvalue weighted by atomic mass is 10.0. The minimum atomic E-state index is -2.72. The summed E-state index contributed by atoms with van der Waals surface area (Å²) in [6.45, 7) is 5.79. The average molecular weight is 248 g/mol. The highest BCUT2D eigenvalue weighted by atomic mass is 31.2. The van der Waals surface area contributed by atoms with Crippen LogP contribution in [0.2, 0.25) is 0 Å². The maximum absolute atomic E-state index is 12.8. The lowest BCUT2D eigenvalue weighted by molar-refractivity contribution is 0.426. The van der Waals surface area contributed by atoms with Crippen molar-refractivity contribution in [1.29, 1.82) is 0 Å². The van der Waals surface area contributed by atoms with Crippen molar-refractivity contribution in [2.24, 2.45) is 0 Å². The molecule has 0 amide bonds. The molecule has 17 heavy (non-hydrogen) atoms. The van der Waals surface area contributed by atoms with Crippen molar-refractivity contribution >= 4 is 18.2 Å². The summed E-state index contributed by atoms with van der Waals surface area (Å²) in [5.74, 6) is 0.733. The Morgan fingerprint density at radius 2 is 1.94 bits per heavy atom. The summed E-state index contributed by atoms with van der Waals surface area (Å²) in [7, 11) is -2.72. The highest BCUT2D eigenvalue weighted by Gasteiger charge is 2.35. The van der Waals surface area contributed by atoms with Crippen LogP contribution in [0, 0.1) is 0 Å². The number of benzene rings is 1. The first kappa shape index (κ1) is 12.2. The molecule has 2 rings (SSSR count). The van der Waals surface area contributed by atoms with E-state index < -0.39 is 7.37 Å². The number of allylic oxidation sites excluding steroid dienone is 3. The minimum Gasteiger partial charge on any atom is -0.440 e. The van der Waals surface area contributed by atoms with E-state index in [1.54, 1.807) is 0 Å². The molecule has 3 heteroatoms. The zero-order chi connectivity index (χ0) is 12.5. The third kappa shape index (κ3) is 1.87. The predicted molar refractivity (Wildman–Crippen MR) is 72.7 cm³/mol. The Bertz CT molecular complexity index is 541. The van der Waals surface area contributed by atoms with Crippen molar-refractivity contribution in [1.82, 2.24) is 0 Å². The number of hydrogen-bond acceptors (Lipinski definition) is 2. The van der Waals surface area contributed by atoms with Gasteiger partial charge in [0.15, 0.2) is 0 Å². The lowest BCUT2D eigenvalue weighted by Crippen LogP contribution is -2.20. The van der Waals surface area contributed by atoms with Crippen LogP contribution in [0.1, 0.15) is 26.3 Å². The topological polar surface area (TPSA) is 26.3 Å². The van der Waals surface area contributed by atoms with E-state index in [2.05, 4.69) is 0 Å². The Hall–Kier alpha value is -1.27. The van der Waals surface area contributed by atoms with Gasteiger partial charge < -0.3 is 4.52 Å². The molecule has 0 fully saturated rings. The number of fused-ring (bicyclic) bond motifs is 1. The van der Waals surface area contributed by atoms with Crippen molar-refractivity contribution < 1.29 is 9.09 Å². The van der Waals surface area contributed by atoms with Crippen LogP contribution in [0.15, 0.2) is 42.2 Å². The zero-order valence-electron chi connectivity index (χ0n) is 10.4. The molecule has 0 saturated carbocycles. The van der Waals surface area contributed by atoms with Crippen LogP contribution in [-0.4, -0.2) is 6.16 Å². The van der Waals surface area contributed by atoms with Crippen LogP contribution in [0.3, 0.4) is 0 Å². The fourth-order valence-corrected chi connectivity index (χ4v) is 4.09. The molecule has 2 nitrogen and oxygen atoms in total.